The van der Waals surface area contributed by atoms with E-state index in [1.165, 1.54) is 128 Å². The highest BCUT2D eigenvalue weighted by atomic mass is 16.6. The summed E-state index contributed by atoms with van der Waals surface area (Å²) in [5.41, 5.74) is 0.842. The largest absolute Gasteiger partial charge is 0.490 e. The second kappa shape index (κ2) is 26.3. The molecular weight excluding hydrogens is 685 g/mol. The SMILES string of the molecule is CCCCCCC[C@H]1CC[C@H](/C=C/COc2ccc(C(=O)OC[C@@H](C)OC(=O)c3ccc(OC/C=C/[C@H]4CC[C@H](CCCCCCC)CC4)cc3)cc2)CC1. The maximum absolute atomic E-state index is 12.7. The zero-order valence-electron chi connectivity index (χ0n) is 34.5. The monoisotopic (exact) mass is 757 g/mol. The molecule has 0 N–H and O–H groups in total. The topological polar surface area (TPSA) is 71.1 Å². The van der Waals surface area contributed by atoms with Gasteiger partial charge in [0, 0.05) is 0 Å². The van der Waals surface area contributed by atoms with Crippen molar-refractivity contribution < 1.29 is 28.5 Å². The molecule has 0 heterocycles. The summed E-state index contributed by atoms with van der Waals surface area (Å²) < 4.78 is 22.7. The van der Waals surface area contributed by atoms with Crippen molar-refractivity contribution in [2.24, 2.45) is 23.7 Å². The van der Waals surface area contributed by atoms with Gasteiger partial charge in [0.2, 0.25) is 0 Å². The van der Waals surface area contributed by atoms with Crippen molar-refractivity contribution in [2.75, 3.05) is 19.8 Å². The predicted octanol–water partition coefficient (Wildman–Crippen LogP) is 13.3. The summed E-state index contributed by atoms with van der Waals surface area (Å²) in [4.78, 5) is 25.4. The fourth-order valence-electron chi connectivity index (χ4n) is 8.13. The normalized spacial score (nSPS) is 20.7. The van der Waals surface area contributed by atoms with Crippen molar-refractivity contribution in [3.63, 3.8) is 0 Å². The molecule has 1 atom stereocenters. The molecule has 2 aliphatic carbocycles. The first-order valence-corrected chi connectivity index (χ1v) is 22.1. The fraction of sp³-hybridized carbons (Fsp3) is 0.633. The first-order valence-electron chi connectivity index (χ1n) is 22.1. The molecule has 0 aromatic heterocycles. The Bertz CT molecular complexity index is 1380. The Morgan fingerprint density at radius 2 is 1.00 bits per heavy atom. The molecule has 0 spiro atoms. The lowest BCUT2D eigenvalue weighted by atomic mass is 9.79. The van der Waals surface area contributed by atoms with Gasteiger partial charge >= 0.3 is 11.9 Å². The molecule has 0 radical (unpaired) electrons. The molecule has 6 heteroatoms. The average Bonchev–Trinajstić information content (AvgIpc) is 3.21. The van der Waals surface area contributed by atoms with Crippen LogP contribution in [0.1, 0.15) is 170 Å². The molecule has 304 valence electrons. The number of hydrogen-bond acceptors (Lipinski definition) is 6. The summed E-state index contributed by atoms with van der Waals surface area (Å²) in [6.07, 6.45) is 35.4. The predicted molar refractivity (Wildman–Crippen MR) is 225 cm³/mol. The van der Waals surface area contributed by atoms with Crippen LogP contribution >= 0.6 is 0 Å². The molecule has 55 heavy (non-hydrogen) atoms. The van der Waals surface area contributed by atoms with Crippen LogP contribution in [0.25, 0.3) is 0 Å². The minimum Gasteiger partial charge on any atom is -0.490 e. The van der Waals surface area contributed by atoms with E-state index in [2.05, 4.69) is 38.2 Å². The van der Waals surface area contributed by atoms with Gasteiger partial charge in [-0.05, 0) is 130 Å². The van der Waals surface area contributed by atoms with E-state index >= 15 is 0 Å². The van der Waals surface area contributed by atoms with Crippen LogP contribution in [0.5, 0.6) is 11.5 Å². The summed E-state index contributed by atoms with van der Waals surface area (Å²) in [5.74, 6) is 3.63. The molecule has 2 fully saturated rings. The van der Waals surface area contributed by atoms with Gasteiger partial charge in [0.1, 0.15) is 37.4 Å². The van der Waals surface area contributed by atoms with Crippen molar-refractivity contribution in [1.29, 1.82) is 0 Å². The van der Waals surface area contributed by atoms with Crippen molar-refractivity contribution in [3.8, 4) is 11.5 Å². The number of carbonyl (C=O) groups is 2. The average molecular weight is 757 g/mol. The van der Waals surface area contributed by atoms with Gasteiger partial charge in [0.05, 0.1) is 11.1 Å². The van der Waals surface area contributed by atoms with E-state index in [9.17, 15) is 9.59 Å². The maximum atomic E-state index is 12.7. The third-order valence-electron chi connectivity index (χ3n) is 11.7. The molecule has 6 nitrogen and oxygen atoms in total. The third-order valence-corrected chi connectivity index (χ3v) is 11.7. The van der Waals surface area contributed by atoms with E-state index in [0.29, 0.717) is 47.7 Å². The minimum atomic E-state index is -0.599. The Labute approximate surface area is 333 Å². The number of benzene rings is 2. The van der Waals surface area contributed by atoms with Crippen LogP contribution < -0.4 is 9.47 Å². The maximum Gasteiger partial charge on any atom is 0.338 e. The highest BCUT2D eigenvalue weighted by Gasteiger charge is 2.20. The molecule has 0 saturated heterocycles. The van der Waals surface area contributed by atoms with Gasteiger partial charge in [-0.25, -0.2) is 9.59 Å². The number of allylic oxidation sites excluding steroid dienone is 2. The van der Waals surface area contributed by atoms with Gasteiger partial charge in [-0.15, -0.1) is 0 Å². The molecule has 0 unspecified atom stereocenters. The molecule has 4 rings (SSSR count). The number of carbonyl (C=O) groups excluding carboxylic acids is 2. The summed E-state index contributed by atoms with van der Waals surface area (Å²) in [6.45, 7) is 7.24. The first kappa shape index (κ1) is 44.2. The molecule has 2 saturated carbocycles. The van der Waals surface area contributed by atoms with Gasteiger partial charge in [-0.2, -0.15) is 0 Å². The Morgan fingerprint density at radius 1 is 0.582 bits per heavy atom. The lowest BCUT2D eigenvalue weighted by Gasteiger charge is -2.26. The second-order valence-electron chi connectivity index (χ2n) is 16.3. The molecule has 0 bridgehead atoms. The number of unbranched alkanes of at least 4 members (excludes halogenated alkanes) is 8. The van der Waals surface area contributed by atoms with E-state index in [0.717, 1.165) is 11.8 Å². The van der Waals surface area contributed by atoms with Crippen LogP contribution in [0.15, 0.2) is 72.8 Å². The standard InChI is InChI=1S/C49H72O6/c1-4-6-8-10-12-16-40-20-24-42(25-21-40)18-14-36-52-46-32-28-44(29-33-46)48(50)54-38-39(3)55-49(51)45-30-34-47(35-31-45)53-37-15-19-43-26-22-41(23-27-43)17-13-11-9-7-5-2/h14-15,18-19,28-35,39-43H,4-13,16-17,20-27,36-38H2,1-3H3/b18-14+,19-15+/t39-,40-,41-,42-,43-/m1/s1. The molecule has 0 amide bonds. The van der Waals surface area contributed by atoms with Crippen LogP contribution in [-0.2, 0) is 9.47 Å². The van der Waals surface area contributed by atoms with Gasteiger partial charge in [0.25, 0.3) is 0 Å². The number of ether oxygens (including phenoxy) is 4. The molecule has 2 aromatic rings. The smallest absolute Gasteiger partial charge is 0.338 e. The first-order chi connectivity index (χ1) is 26.9. The minimum absolute atomic E-state index is 0.0390. The molecular formula is C49H72O6. The molecule has 2 aliphatic rings. The van der Waals surface area contributed by atoms with Crippen molar-refractivity contribution in [2.45, 2.75) is 155 Å². The Hall–Kier alpha value is -3.54. The van der Waals surface area contributed by atoms with Crippen LogP contribution in [-0.4, -0.2) is 37.9 Å². The van der Waals surface area contributed by atoms with Crippen LogP contribution in [0.3, 0.4) is 0 Å². The fourth-order valence-corrected chi connectivity index (χ4v) is 8.13. The highest BCUT2D eigenvalue weighted by molar-refractivity contribution is 5.90. The molecule has 2 aromatic carbocycles. The lowest BCUT2D eigenvalue weighted by Crippen LogP contribution is -2.22. The Morgan fingerprint density at radius 3 is 1.44 bits per heavy atom. The van der Waals surface area contributed by atoms with Crippen LogP contribution in [0.4, 0.5) is 0 Å². The van der Waals surface area contributed by atoms with Crippen LogP contribution in [0.2, 0.25) is 0 Å². The van der Waals surface area contributed by atoms with E-state index in [4.69, 9.17) is 18.9 Å². The lowest BCUT2D eigenvalue weighted by molar-refractivity contribution is 0.00447. The van der Waals surface area contributed by atoms with Gasteiger partial charge in [-0.1, -0.05) is 115 Å². The number of esters is 2. The van der Waals surface area contributed by atoms with E-state index < -0.39 is 18.0 Å². The van der Waals surface area contributed by atoms with E-state index in [1.807, 2.05) is 0 Å². The third kappa shape index (κ3) is 17.9. The van der Waals surface area contributed by atoms with Crippen molar-refractivity contribution in [1.82, 2.24) is 0 Å². The van der Waals surface area contributed by atoms with Crippen molar-refractivity contribution in [3.05, 3.63) is 84.0 Å². The van der Waals surface area contributed by atoms with E-state index in [1.54, 1.807) is 55.5 Å². The Balaban J connectivity index is 1.04. The van der Waals surface area contributed by atoms with Gasteiger partial charge in [-0.3, -0.25) is 0 Å². The van der Waals surface area contributed by atoms with E-state index in [-0.39, 0.29) is 6.61 Å². The van der Waals surface area contributed by atoms with Crippen molar-refractivity contribution >= 4 is 11.9 Å². The van der Waals surface area contributed by atoms with Gasteiger partial charge in [0.15, 0.2) is 0 Å². The Kier molecular flexibility index (Phi) is 21.2. The highest BCUT2D eigenvalue weighted by Crippen LogP contribution is 2.34. The summed E-state index contributed by atoms with van der Waals surface area (Å²) in [5, 5.41) is 0. The summed E-state index contributed by atoms with van der Waals surface area (Å²) >= 11 is 0. The quantitative estimate of drug-likeness (QED) is 0.0571. The number of hydrogen-bond donors (Lipinski definition) is 0. The number of rotatable bonds is 25. The molecule has 0 aliphatic heterocycles. The summed E-state index contributed by atoms with van der Waals surface area (Å²) in [7, 11) is 0. The van der Waals surface area contributed by atoms with Crippen LogP contribution in [0, 0.1) is 23.7 Å². The van der Waals surface area contributed by atoms with Gasteiger partial charge < -0.3 is 18.9 Å². The second-order valence-corrected chi connectivity index (χ2v) is 16.3. The zero-order valence-corrected chi connectivity index (χ0v) is 34.5. The zero-order chi connectivity index (χ0) is 38.9. The summed E-state index contributed by atoms with van der Waals surface area (Å²) in [6, 6.07) is 13.9.